The Bertz CT molecular complexity index is 227. The van der Waals surface area contributed by atoms with Crippen molar-refractivity contribution in [3.63, 3.8) is 0 Å². The van der Waals surface area contributed by atoms with Crippen LogP contribution in [-0.4, -0.2) is 52.4 Å². The number of amides is 2. The Morgan fingerprint density at radius 2 is 2.06 bits per heavy atom. The first kappa shape index (κ1) is 15.1. The molecular weight excluding hydrogens is 238 g/mol. The van der Waals surface area contributed by atoms with Crippen LogP contribution >= 0.6 is 11.6 Å². The lowest BCUT2D eigenvalue weighted by atomic mass is 9.99. The van der Waals surface area contributed by atoms with Gasteiger partial charge < -0.3 is 15.5 Å². The fraction of sp³-hybridized carbons (Fsp3) is 0.875. The molecule has 0 aliphatic carbocycles. The number of carbonyl (C=O) groups is 1. The summed E-state index contributed by atoms with van der Waals surface area (Å²) in [6.07, 6.45) is 0.319. The molecule has 0 heterocycles. The number of aliphatic hydroxyl groups excluding tert-OH is 2. The van der Waals surface area contributed by atoms with Crippen molar-refractivity contribution in [3.05, 3.63) is 4.91 Å². The molecule has 0 aromatic carbocycles. The number of nitroso groups, excluding NO2 is 1. The number of alkyl halides is 1. The lowest BCUT2D eigenvalue weighted by Crippen LogP contribution is -2.56. The molecule has 0 bridgehead atoms. The van der Waals surface area contributed by atoms with Crippen molar-refractivity contribution in [2.45, 2.75) is 18.9 Å². The van der Waals surface area contributed by atoms with Gasteiger partial charge in [-0.15, -0.1) is 16.5 Å². The SMILES string of the molecule is CCC(CO)(CO)NC(=O)N(CCCl)N=O. The molecule has 8 heteroatoms. The zero-order chi connectivity index (χ0) is 12.6. The van der Waals surface area contributed by atoms with Crippen molar-refractivity contribution < 1.29 is 15.0 Å². The Morgan fingerprint density at radius 3 is 2.38 bits per heavy atom. The minimum Gasteiger partial charge on any atom is -0.394 e. The molecule has 0 unspecified atom stereocenters. The molecule has 0 fully saturated rings. The van der Waals surface area contributed by atoms with E-state index in [-0.39, 0.29) is 12.4 Å². The zero-order valence-electron chi connectivity index (χ0n) is 9.02. The molecule has 0 atom stereocenters. The van der Waals surface area contributed by atoms with Crippen molar-refractivity contribution in [2.24, 2.45) is 5.29 Å². The largest absolute Gasteiger partial charge is 0.394 e. The zero-order valence-corrected chi connectivity index (χ0v) is 9.77. The van der Waals surface area contributed by atoms with Crippen molar-refractivity contribution >= 4 is 17.6 Å². The summed E-state index contributed by atoms with van der Waals surface area (Å²) >= 11 is 5.37. The van der Waals surface area contributed by atoms with Gasteiger partial charge in [0.2, 0.25) is 0 Å². The third-order valence-corrected chi connectivity index (χ3v) is 2.45. The molecule has 94 valence electrons. The number of urea groups is 1. The average Bonchev–Trinajstić information content (AvgIpc) is 2.33. The molecule has 0 aliphatic rings. The standard InChI is InChI=1S/C8H16ClN3O4/c1-2-8(5-13,6-14)10-7(15)12(11-16)4-3-9/h13-14H,2-6H2,1H3,(H,10,15). The first-order valence-electron chi connectivity index (χ1n) is 4.79. The van der Waals surface area contributed by atoms with Gasteiger partial charge in [0.1, 0.15) is 0 Å². The highest BCUT2D eigenvalue weighted by Crippen LogP contribution is 2.09. The summed E-state index contributed by atoms with van der Waals surface area (Å²) < 4.78 is 0. The van der Waals surface area contributed by atoms with Gasteiger partial charge in [0.15, 0.2) is 0 Å². The van der Waals surface area contributed by atoms with Gasteiger partial charge in [-0.2, -0.15) is 5.01 Å². The van der Waals surface area contributed by atoms with Gasteiger partial charge in [-0.3, -0.25) is 0 Å². The molecule has 7 nitrogen and oxygen atoms in total. The van der Waals surface area contributed by atoms with Crippen LogP contribution < -0.4 is 5.32 Å². The topological polar surface area (TPSA) is 102 Å². The molecule has 0 aromatic heterocycles. The molecule has 0 aliphatic heterocycles. The van der Waals surface area contributed by atoms with E-state index in [1.807, 2.05) is 0 Å². The fourth-order valence-electron chi connectivity index (χ4n) is 0.992. The molecular formula is C8H16ClN3O4. The summed E-state index contributed by atoms with van der Waals surface area (Å²) in [7, 11) is 0. The van der Waals surface area contributed by atoms with Crippen LogP contribution in [0.2, 0.25) is 0 Å². The Kier molecular flexibility index (Phi) is 6.95. The highest BCUT2D eigenvalue weighted by Gasteiger charge is 2.30. The van der Waals surface area contributed by atoms with Crippen molar-refractivity contribution in [2.75, 3.05) is 25.6 Å². The van der Waals surface area contributed by atoms with E-state index in [4.69, 9.17) is 21.8 Å². The second-order valence-electron chi connectivity index (χ2n) is 3.27. The number of nitrogens with one attached hydrogen (secondary N) is 1. The number of halogens is 1. The maximum atomic E-state index is 11.5. The molecule has 3 N–H and O–H groups in total. The van der Waals surface area contributed by atoms with Gasteiger partial charge in [0.05, 0.1) is 30.6 Å². The number of hydrogen-bond donors (Lipinski definition) is 3. The first-order chi connectivity index (χ1) is 7.59. The summed E-state index contributed by atoms with van der Waals surface area (Å²) in [6, 6.07) is -0.791. The van der Waals surface area contributed by atoms with Gasteiger partial charge in [0, 0.05) is 5.88 Å². The fourth-order valence-corrected chi connectivity index (χ4v) is 1.15. The van der Waals surface area contributed by atoms with E-state index in [0.29, 0.717) is 11.4 Å². The lowest BCUT2D eigenvalue weighted by Gasteiger charge is -2.30. The Morgan fingerprint density at radius 1 is 1.50 bits per heavy atom. The monoisotopic (exact) mass is 253 g/mol. The molecule has 0 saturated heterocycles. The Balaban J connectivity index is 4.55. The predicted octanol–water partition coefficient (Wildman–Crippen LogP) is 0.0516. The number of aliphatic hydroxyl groups is 2. The van der Waals surface area contributed by atoms with Crippen LogP contribution in [0.5, 0.6) is 0 Å². The maximum absolute atomic E-state index is 11.5. The van der Waals surface area contributed by atoms with Crippen LogP contribution in [0.15, 0.2) is 5.29 Å². The molecule has 0 rings (SSSR count). The van der Waals surface area contributed by atoms with Gasteiger partial charge >= 0.3 is 6.03 Å². The number of hydrogen-bond acceptors (Lipinski definition) is 5. The highest BCUT2D eigenvalue weighted by atomic mass is 35.5. The van der Waals surface area contributed by atoms with E-state index in [2.05, 4.69) is 10.6 Å². The quantitative estimate of drug-likeness (QED) is 0.339. The van der Waals surface area contributed by atoms with Crippen LogP contribution in [0.4, 0.5) is 4.79 Å². The summed E-state index contributed by atoms with van der Waals surface area (Å²) in [5.41, 5.74) is -1.15. The molecule has 0 radical (unpaired) electrons. The van der Waals surface area contributed by atoms with Gasteiger partial charge in [-0.25, -0.2) is 4.79 Å². The second kappa shape index (κ2) is 7.37. The third kappa shape index (κ3) is 3.92. The van der Waals surface area contributed by atoms with Crippen molar-refractivity contribution in [3.8, 4) is 0 Å². The molecule has 2 amide bonds. The van der Waals surface area contributed by atoms with Crippen molar-refractivity contribution in [1.82, 2.24) is 10.3 Å². The van der Waals surface area contributed by atoms with Gasteiger partial charge in [-0.1, -0.05) is 6.92 Å². The first-order valence-corrected chi connectivity index (χ1v) is 5.33. The highest BCUT2D eigenvalue weighted by molar-refractivity contribution is 6.18. The van der Waals surface area contributed by atoms with Crippen molar-refractivity contribution in [1.29, 1.82) is 0 Å². The lowest BCUT2D eigenvalue weighted by molar-refractivity contribution is 0.0868. The van der Waals surface area contributed by atoms with E-state index in [1.165, 1.54) is 0 Å². The van der Waals surface area contributed by atoms with E-state index < -0.39 is 24.8 Å². The number of nitrogens with zero attached hydrogens (tertiary/aromatic N) is 2. The minimum atomic E-state index is -1.15. The predicted molar refractivity (Wildman–Crippen MR) is 58.9 cm³/mol. The van der Waals surface area contributed by atoms with Crippen LogP contribution in [0.25, 0.3) is 0 Å². The number of rotatable bonds is 7. The van der Waals surface area contributed by atoms with Gasteiger partial charge in [-0.05, 0) is 6.42 Å². The molecule has 16 heavy (non-hydrogen) atoms. The smallest absolute Gasteiger partial charge is 0.341 e. The van der Waals surface area contributed by atoms with E-state index >= 15 is 0 Å². The van der Waals surface area contributed by atoms with Crippen LogP contribution in [0.3, 0.4) is 0 Å². The third-order valence-electron chi connectivity index (χ3n) is 2.28. The van der Waals surface area contributed by atoms with Crippen LogP contribution in [-0.2, 0) is 0 Å². The molecule has 0 spiro atoms. The minimum absolute atomic E-state index is 0.0342. The van der Waals surface area contributed by atoms with E-state index in [1.54, 1.807) is 6.92 Å². The maximum Gasteiger partial charge on any atom is 0.341 e. The Hall–Kier alpha value is -0.920. The van der Waals surface area contributed by atoms with E-state index in [9.17, 15) is 9.70 Å². The summed E-state index contributed by atoms with van der Waals surface area (Å²) in [5, 5.41) is 23.6. The second-order valence-corrected chi connectivity index (χ2v) is 3.65. The van der Waals surface area contributed by atoms with Crippen LogP contribution in [0.1, 0.15) is 13.3 Å². The summed E-state index contributed by atoms with van der Waals surface area (Å²) in [6.45, 7) is 0.791. The average molecular weight is 254 g/mol. The summed E-state index contributed by atoms with van der Waals surface area (Å²) in [4.78, 5) is 21.8. The normalized spacial score (nSPS) is 11.0. The molecule has 0 aromatic rings. The summed E-state index contributed by atoms with van der Waals surface area (Å²) in [5.74, 6) is 0.0660. The Labute approximate surface area is 98.3 Å². The van der Waals surface area contributed by atoms with Gasteiger partial charge in [0.25, 0.3) is 0 Å². The van der Waals surface area contributed by atoms with E-state index in [0.717, 1.165) is 0 Å². The molecule has 0 saturated carbocycles. The number of carbonyl (C=O) groups excluding carboxylic acids is 1. The van der Waals surface area contributed by atoms with Crippen LogP contribution in [0, 0.1) is 4.91 Å².